The molecule has 2 aromatic heterocycles. The van der Waals surface area contributed by atoms with E-state index in [0.29, 0.717) is 17.5 Å². The quantitative estimate of drug-likeness (QED) is 0.704. The van der Waals surface area contributed by atoms with Gasteiger partial charge in [-0.25, -0.2) is 4.98 Å². The zero-order valence-electron chi connectivity index (χ0n) is 16.4. The summed E-state index contributed by atoms with van der Waals surface area (Å²) in [7, 11) is 0. The summed E-state index contributed by atoms with van der Waals surface area (Å²) in [5.41, 5.74) is 2.71. The zero-order chi connectivity index (χ0) is 19.4. The molecule has 3 saturated heterocycles. The molecule has 7 rings (SSSR count). The van der Waals surface area contributed by atoms with Crippen LogP contribution in [-0.4, -0.2) is 51.2 Å². The Labute approximate surface area is 173 Å². The lowest BCUT2D eigenvalue weighted by Gasteiger charge is -2.44. The van der Waals surface area contributed by atoms with Crippen molar-refractivity contribution in [2.24, 2.45) is 11.8 Å². The molecular formula is C22H25N5OS. The maximum Gasteiger partial charge on any atom is 0.272 e. The molecular weight excluding hydrogens is 382 g/mol. The summed E-state index contributed by atoms with van der Waals surface area (Å²) in [6.07, 6.45) is 6.74. The van der Waals surface area contributed by atoms with E-state index < -0.39 is 0 Å². The molecule has 150 valence electrons. The molecule has 0 spiro atoms. The van der Waals surface area contributed by atoms with Crippen LogP contribution in [0.2, 0.25) is 0 Å². The molecule has 4 fully saturated rings. The highest BCUT2D eigenvalue weighted by molar-refractivity contribution is 7.13. The van der Waals surface area contributed by atoms with E-state index in [1.165, 1.54) is 38.8 Å². The molecule has 1 aromatic carbocycles. The van der Waals surface area contributed by atoms with E-state index in [9.17, 15) is 4.79 Å². The van der Waals surface area contributed by atoms with E-state index in [1.807, 2.05) is 17.6 Å². The van der Waals surface area contributed by atoms with Crippen LogP contribution < -0.4 is 5.32 Å². The van der Waals surface area contributed by atoms with Crippen LogP contribution in [0.25, 0.3) is 21.5 Å². The first-order chi connectivity index (χ1) is 14.2. The first kappa shape index (κ1) is 17.6. The molecule has 7 heteroatoms. The van der Waals surface area contributed by atoms with E-state index >= 15 is 0 Å². The number of carbonyl (C=O) groups excluding carboxylic acids is 1. The predicted molar refractivity (Wildman–Crippen MR) is 114 cm³/mol. The lowest BCUT2D eigenvalue weighted by molar-refractivity contribution is 0.0618. The zero-order valence-corrected chi connectivity index (χ0v) is 17.2. The van der Waals surface area contributed by atoms with Crippen molar-refractivity contribution in [1.82, 2.24) is 25.0 Å². The number of benzene rings is 1. The van der Waals surface area contributed by atoms with E-state index in [1.54, 1.807) is 11.3 Å². The van der Waals surface area contributed by atoms with Crippen LogP contribution in [0.1, 0.15) is 36.2 Å². The number of nitrogens with zero attached hydrogens (tertiary/aromatic N) is 4. The maximum absolute atomic E-state index is 13.2. The van der Waals surface area contributed by atoms with Crippen LogP contribution in [-0.2, 0) is 6.54 Å². The minimum Gasteiger partial charge on any atom is -0.346 e. The van der Waals surface area contributed by atoms with Gasteiger partial charge >= 0.3 is 0 Å². The molecule has 5 heterocycles. The van der Waals surface area contributed by atoms with Gasteiger partial charge < -0.3 is 10.2 Å². The van der Waals surface area contributed by atoms with E-state index in [2.05, 4.69) is 32.0 Å². The van der Waals surface area contributed by atoms with Crippen LogP contribution >= 0.6 is 11.3 Å². The van der Waals surface area contributed by atoms with Gasteiger partial charge in [-0.2, -0.15) is 5.10 Å². The summed E-state index contributed by atoms with van der Waals surface area (Å²) < 4.78 is 2.05. The molecule has 1 aliphatic carbocycles. The monoisotopic (exact) mass is 407 g/mol. The molecule has 3 aromatic rings. The number of nitrogens with one attached hydrogen (secondary N) is 1. The number of amides is 1. The standard InChI is InChI=1S/C22H25N5OS/c28-21(24-18-13-26-8-5-15(18)6-9-26)20-17-4-3-16(22-23-7-10-29-22)11-19(17)27(25-20)12-14-1-2-14/h3-4,7,10-11,14-15,18H,1-2,5-6,8-9,12-13H2,(H,24,28)/t18-/m1/s1. The fourth-order valence-corrected chi connectivity index (χ4v) is 5.53. The third kappa shape index (κ3) is 3.26. The van der Waals surface area contributed by atoms with Crippen molar-refractivity contribution in [3.05, 3.63) is 35.5 Å². The molecule has 6 nitrogen and oxygen atoms in total. The van der Waals surface area contributed by atoms with Gasteiger partial charge in [-0.05, 0) is 62.7 Å². The van der Waals surface area contributed by atoms with E-state index in [-0.39, 0.29) is 11.9 Å². The SMILES string of the molecule is O=C(N[C@@H]1CN2CCC1CC2)c1nn(CC2CC2)c2cc(-c3nccs3)ccc12. The Balaban J connectivity index is 1.34. The van der Waals surface area contributed by atoms with Crippen molar-refractivity contribution in [3.63, 3.8) is 0 Å². The highest BCUT2D eigenvalue weighted by Gasteiger charge is 2.35. The molecule has 0 radical (unpaired) electrons. The first-order valence-corrected chi connectivity index (χ1v) is 11.6. The molecule has 1 amide bonds. The third-order valence-corrected chi connectivity index (χ3v) is 7.57. The van der Waals surface area contributed by atoms with Gasteiger partial charge in [0, 0.05) is 41.7 Å². The summed E-state index contributed by atoms with van der Waals surface area (Å²) in [5, 5.41) is 12.1. The molecule has 1 N–H and O–H groups in total. The molecule has 4 aliphatic rings. The Morgan fingerprint density at radius 2 is 2.07 bits per heavy atom. The Hall–Kier alpha value is -2.25. The predicted octanol–water partition coefficient (Wildman–Crippen LogP) is 3.39. The van der Waals surface area contributed by atoms with Crippen LogP contribution in [0.3, 0.4) is 0 Å². The summed E-state index contributed by atoms with van der Waals surface area (Å²) in [6.45, 7) is 4.22. The first-order valence-electron chi connectivity index (χ1n) is 10.7. The highest BCUT2D eigenvalue weighted by Crippen LogP contribution is 2.34. The maximum atomic E-state index is 13.2. The fraction of sp³-hybridized carbons (Fsp3) is 0.500. The molecule has 3 aliphatic heterocycles. The van der Waals surface area contributed by atoms with Gasteiger partial charge in [-0.1, -0.05) is 6.07 Å². The van der Waals surface area contributed by atoms with E-state index in [4.69, 9.17) is 5.10 Å². The number of fused-ring (bicyclic) bond motifs is 4. The number of aromatic nitrogens is 3. The average Bonchev–Trinajstić information content (AvgIpc) is 3.25. The average molecular weight is 408 g/mol. The number of hydrogen-bond donors (Lipinski definition) is 1. The minimum atomic E-state index is -0.0229. The number of carbonyl (C=O) groups is 1. The Morgan fingerprint density at radius 1 is 1.21 bits per heavy atom. The van der Waals surface area contributed by atoms with Crippen molar-refractivity contribution in [1.29, 1.82) is 0 Å². The number of hydrogen-bond acceptors (Lipinski definition) is 5. The Kier molecular flexibility index (Phi) is 4.20. The van der Waals surface area contributed by atoms with Crippen LogP contribution in [0, 0.1) is 11.8 Å². The smallest absolute Gasteiger partial charge is 0.272 e. The van der Waals surface area contributed by atoms with Gasteiger partial charge in [0.05, 0.1) is 5.52 Å². The lowest BCUT2D eigenvalue weighted by atomic mass is 9.84. The topological polar surface area (TPSA) is 63.1 Å². The Morgan fingerprint density at radius 3 is 2.76 bits per heavy atom. The second-order valence-electron chi connectivity index (χ2n) is 8.76. The molecule has 29 heavy (non-hydrogen) atoms. The lowest BCUT2D eigenvalue weighted by Crippen LogP contribution is -2.57. The summed E-state index contributed by atoms with van der Waals surface area (Å²) in [4.78, 5) is 20.1. The van der Waals surface area contributed by atoms with Gasteiger partial charge in [0.25, 0.3) is 5.91 Å². The Bertz CT molecular complexity index is 1050. The summed E-state index contributed by atoms with van der Waals surface area (Å²) in [5.74, 6) is 1.28. The highest BCUT2D eigenvalue weighted by atomic mass is 32.1. The van der Waals surface area contributed by atoms with E-state index in [0.717, 1.165) is 34.6 Å². The largest absolute Gasteiger partial charge is 0.346 e. The molecule has 1 saturated carbocycles. The number of piperidine rings is 3. The van der Waals surface area contributed by atoms with Gasteiger partial charge in [-0.3, -0.25) is 9.48 Å². The van der Waals surface area contributed by atoms with Gasteiger partial charge in [0.1, 0.15) is 5.01 Å². The van der Waals surface area contributed by atoms with Crippen molar-refractivity contribution in [2.45, 2.75) is 38.3 Å². The fourth-order valence-electron chi connectivity index (χ4n) is 4.89. The third-order valence-electron chi connectivity index (χ3n) is 6.75. The molecule has 0 unspecified atom stereocenters. The van der Waals surface area contributed by atoms with Crippen LogP contribution in [0.5, 0.6) is 0 Å². The van der Waals surface area contributed by atoms with Gasteiger partial charge in [-0.15, -0.1) is 11.3 Å². The minimum absolute atomic E-state index is 0.0229. The summed E-state index contributed by atoms with van der Waals surface area (Å²) >= 11 is 1.64. The number of rotatable bonds is 5. The second kappa shape index (κ2) is 6.92. The summed E-state index contributed by atoms with van der Waals surface area (Å²) in [6, 6.07) is 6.51. The van der Waals surface area contributed by atoms with Crippen molar-refractivity contribution >= 4 is 28.1 Å². The van der Waals surface area contributed by atoms with Crippen LogP contribution in [0.4, 0.5) is 0 Å². The number of thiazole rings is 1. The van der Waals surface area contributed by atoms with Crippen LogP contribution in [0.15, 0.2) is 29.8 Å². The van der Waals surface area contributed by atoms with Crippen molar-refractivity contribution in [2.75, 3.05) is 19.6 Å². The van der Waals surface area contributed by atoms with Gasteiger partial charge in [0.2, 0.25) is 0 Å². The molecule has 2 bridgehead atoms. The van der Waals surface area contributed by atoms with Crippen molar-refractivity contribution < 1.29 is 4.79 Å². The van der Waals surface area contributed by atoms with Gasteiger partial charge in [0.15, 0.2) is 5.69 Å². The second-order valence-corrected chi connectivity index (χ2v) is 9.66. The van der Waals surface area contributed by atoms with Crippen molar-refractivity contribution in [3.8, 4) is 10.6 Å². The molecule has 1 atom stereocenters. The normalized spacial score (nSPS) is 26.1.